The molecule has 0 bridgehead atoms. The zero-order valence-corrected chi connectivity index (χ0v) is 13.2. The van der Waals surface area contributed by atoms with E-state index in [0.717, 1.165) is 0 Å². The highest BCUT2D eigenvalue weighted by Gasteiger charge is 2.20. The van der Waals surface area contributed by atoms with Crippen LogP contribution in [0.3, 0.4) is 0 Å². The number of para-hydroxylation sites is 1. The molecule has 3 N–H and O–H groups in total. The number of rotatable bonds is 3. The molecule has 2 aromatic rings. The molecule has 0 aliphatic rings. The zero-order valence-electron chi connectivity index (χ0n) is 12.4. The summed E-state index contributed by atoms with van der Waals surface area (Å²) in [6, 6.07) is 6.90. The smallest absolute Gasteiger partial charge is 0.282 e. The van der Waals surface area contributed by atoms with Gasteiger partial charge in [0.15, 0.2) is 5.11 Å². The predicted octanol–water partition coefficient (Wildman–Crippen LogP) is 1.45. The summed E-state index contributed by atoms with van der Waals surface area (Å²) < 4.78 is 5.00. The number of benzene rings is 1. The topological polar surface area (TPSA) is 127 Å². The van der Waals surface area contributed by atoms with Crippen LogP contribution < -0.4 is 16.2 Å². The van der Waals surface area contributed by atoms with Gasteiger partial charge in [0.1, 0.15) is 11.3 Å². The molecule has 9 nitrogen and oxygen atoms in total. The average Bonchev–Trinajstić information content (AvgIpc) is 2.98. The summed E-state index contributed by atoms with van der Waals surface area (Å²) in [6.45, 7) is 1.61. The molecule has 124 valence electrons. The molecule has 10 heteroatoms. The molecule has 2 rings (SSSR count). The summed E-state index contributed by atoms with van der Waals surface area (Å²) >= 11 is 4.87. The van der Waals surface area contributed by atoms with E-state index < -0.39 is 16.7 Å². The monoisotopic (exact) mass is 348 g/mol. The average molecular weight is 348 g/mol. The van der Waals surface area contributed by atoms with Crippen LogP contribution in [0.2, 0.25) is 0 Å². The van der Waals surface area contributed by atoms with Crippen molar-refractivity contribution in [2.24, 2.45) is 0 Å². The van der Waals surface area contributed by atoms with Crippen molar-refractivity contribution in [2.75, 3.05) is 0 Å². The molecular weight excluding hydrogens is 336 g/mol. The van der Waals surface area contributed by atoms with E-state index in [9.17, 15) is 19.7 Å². The third-order valence-electron chi connectivity index (χ3n) is 2.97. The van der Waals surface area contributed by atoms with Gasteiger partial charge in [0.2, 0.25) is 0 Å². The summed E-state index contributed by atoms with van der Waals surface area (Å²) in [5, 5.41) is 12.9. The van der Waals surface area contributed by atoms with Crippen LogP contribution in [-0.2, 0) is 0 Å². The first-order valence-electron chi connectivity index (χ1n) is 6.59. The van der Waals surface area contributed by atoms with Gasteiger partial charge in [-0.2, -0.15) is 0 Å². The molecule has 1 heterocycles. The Bertz CT molecular complexity index is 817. The summed E-state index contributed by atoms with van der Waals surface area (Å²) in [6.07, 6.45) is 1.36. The molecule has 1 aromatic heterocycles. The molecule has 0 saturated heterocycles. The highest BCUT2D eigenvalue weighted by molar-refractivity contribution is 7.80. The van der Waals surface area contributed by atoms with Crippen LogP contribution in [0.5, 0.6) is 0 Å². The SMILES string of the molecule is Cc1occc1C(=O)NNC(=S)NC(=O)c1ccccc1[N+](=O)[O-]. The molecule has 0 atom stereocenters. The molecule has 0 saturated carbocycles. The molecule has 0 aliphatic heterocycles. The van der Waals surface area contributed by atoms with Crippen molar-refractivity contribution in [1.29, 1.82) is 0 Å². The number of aryl methyl sites for hydroxylation is 1. The molecule has 0 fully saturated rings. The summed E-state index contributed by atoms with van der Waals surface area (Å²) in [5.41, 5.74) is 4.42. The molecule has 2 amide bonds. The minimum Gasteiger partial charge on any atom is -0.469 e. The summed E-state index contributed by atoms with van der Waals surface area (Å²) in [7, 11) is 0. The first kappa shape index (κ1) is 17.1. The lowest BCUT2D eigenvalue weighted by Crippen LogP contribution is -2.48. The van der Waals surface area contributed by atoms with Crippen molar-refractivity contribution in [3.63, 3.8) is 0 Å². The Morgan fingerprint density at radius 2 is 1.83 bits per heavy atom. The number of hydrogen-bond donors (Lipinski definition) is 3. The first-order valence-corrected chi connectivity index (χ1v) is 7.00. The highest BCUT2D eigenvalue weighted by atomic mass is 32.1. The first-order chi connectivity index (χ1) is 11.4. The Balaban J connectivity index is 1.95. The molecule has 0 spiro atoms. The van der Waals surface area contributed by atoms with Gasteiger partial charge in [-0.25, -0.2) is 0 Å². The van der Waals surface area contributed by atoms with Gasteiger partial charge in [-0.15, -0.1) is 0 Å². The van der Waals surface area contributed by atoms with Crippen molar-refractivity contribution >= 4 is 34.8 Å². The van der Waals surface area contributed by atoms with Crippen molar-refractivity contribution in [2.45, 2.75) is 6.92 Å². The lowest BCUT2D eigenvalue weighted by Gasteiger charge is -2.10. The minimum atomic E-state index is -0.770. The van der Waals surface area contributed by atoms with Gasteiger partial charge >= 0.3 is 0 Å². The van der Waals surface area contributed by atoms with E-state index in [2.05, 4.69) is 16.2 Å². The van der Waals surface area contributed by atoms with Crippen molar-refractivity contribution in [1.82, 2.24) is 16.2 Å². The Kier molecular flexibility index (Phi) is 5.22. The van der Waals surface area contributed by atoms with Crippen LogP contribution in [0.25, 0.3) is 0 Å². The van der Waals surface area contributed by atoms with E-state index in [1.54, 1.807) is 6.92 Å². The number of nitrogens with one attached hydrogen (secondary N) is 3. The second-order valence-electron chi connectivity index (χ2n) is 4.53. The van der Waals surface area contributed by atoms with E-state index in [4.69, 9.17) is 16.6 Å². The largest absolute Gasteiger partial charge is 0.469 e. The number of nitro benzene ring substituents is 1. The van der Waals surface area contributed by atoms with E-state index >= 15 is 0 Å². The Morgan fingerprint density at radius 3 is 2.46 bits per heavy atom. The maximum atomic E-state index is 12.0. The van der Waals surface area contributed by atoms with E-state index in [-0.39, 0.29) is 16.4 Å². The number of hydrazine groups is 1. The number of hydrogen-bond acceptors (Lipinski definition) is 6. The van der Waals surface area contributed by atoms with Crippen LogP contribution in [0, 0.1) is 17.0 Å². The number of nitrogens with zero attached hydrogens (tertiary/aromatic N) is 1. The Labute approximate surface area is 141 Å². The van der Waals surface area contributed by atoms with Crippen LogP contribution in [-0.4, -0.2) is 21.9 Å². The third kappa shape index (κ3) is 3.93. The standard InChI is InChI=1S/C14H12N4O5S/c1-8-9(6-7-23-8)13(20)16-17-14(24)15-12(19)10-4-2-3-5-11(10)18(21)22/h2-7H,1H3,(H,16,20)(H2,15,17,19,24). The fourth-order valence-electron chi connectivity index (χ4n) is 1.83. The number of amides is 2. The summed E-state index contributed by atoms with van der Waals surface area (Å²) in [4.78, 5) is 34.1. The fraction of sp³-hybridized carbons (Fsp3) is 0.0714. The molecule has 0 aliphatic carbocycles. The highest BCUT2D eigenvalue weighted by Crippen LogP contribution is 2.17. The van der Waals surface area contributed by atoms with E-state index in [0.29, 0.717) is 11.3 Å². The van der Waals surface area contributed by atoms with Gasteiger partial charge in [-0.1, -0.05) is 12.1 Å². The number of carbonyl (C=O) groups is 2. The van der Waals surface area contributed by atoms with Gasteiger partial charge in [0.05, 0.1) is 16.7 Å². The van der Waals surface area contributed by atoms with E-state index in [1.165, 1.54) is 36.6 Å². The molecule has 24 heavy (non-hydrogen) atoms. The Hall–Kier alpha value is -3.27. The van der Waals surface area contributed by atoms with Crippen molar-refractivity contribution < 1.29 is 18.9 Å². The van der Waals surface area contributed by atoms with Crippen LogP contribution in [0.1, 0.15) is 26.5 Å². The fourth-order valence-corrected chi connectivity index (χ4v) is 1.97. The maximum Gasteiger partial charge on any atom is 0.282 e. The van der Waals surface area contributed by atoms with E-state index in [1.807, 2.05) is 0 Å². The number of thiocarbonyl (C=S) groups is 1. The van der Waals surface area contributed by atoms with Crippen LogP contribution in [0.4, 0.5) is 5.69 Å². The molecule has 0 radical (unpaired) electrons. The van der Waals surface area contributed by atoms with Gasteiger partial charge in [0.25, 0.3) is 17.5 Å². The van der Waals surface area contributed by atoms with Crippen LogP contribution in [0.15, 0.2) is 41.0 Å². The minimum absolute atomic E-state index is 0.149. The quantitative estimate of drug-likeness (QED) is 0.435. The van der Waals surface area contributed by atoms with Gasteiger partial charge in [-0.05, 0) is 31.3 Å². The number of furan rings is 1. The second kappa shape index (κ2) is 7.33. The Morgan fingerprint density at radius 1 is 1.12 bits per heavy atom. The molecule has 0 unspecified atom stereocenters. The molecular formula is C14H12N4O5S. The normalized spacial score (nSPS) is 9.88. The van der Waals surface area contributed by atoms with Gasteiger partial charge in [-0.3, -0.25) is 35.9 Å². The van der Waals surface area contributed by atoms with Crippen molar-refractivity contribution in [3.05, 3.63) is 63.6 Å². The second-order valence-corrected chi connectivity index (χ2v) is 4.94. The lowest BCUT2D eigenvalue weighted by molar-refractivity contribution is -0.385. The zero-order chi connectivity index (χ0) is 17.7. The summed E-state index contributed by atoms with van der Waals surface area (Å²) in [5.74, 6) is -0.860. The number of carbonyl (C=O) groups excluding carboxylic acids is 2. The van der Waals surface area contributed by atoms with Crippen molar-refractivity contribution in [3.8, 4) is 0 Å². The lowest BCUT2D eigenvalue weighted by atomic mass is 10.1. The van der Waals surface area contributed by atoms with Gasteiger partial charge in [0, 0.05) is 6.07 Å². The molecule has 1 aromatic carbocycles. The maximum absolute atomic E-state index is 12.0. The van der Waals surface area contributed by atoms with Gasteiger partial charge < -0.3 is 4.42 Å². The number of nitro groups is 1. The third-order valence-corrected chi connectivity index (χ3v) is 3.17. The predicted molar refractivity (Wildman–Crippen MR) is 87.2 cm³/mol. The van der Waals surface area contributed by atoms with Crippen LogP contribution >= 0.6 is 12.2 Å².